The summed E-state index contributed by atoms with van der Waals surface area (Å²) in [6.45, 7) is 0.671. The second-order valence-electron chi connectivity index (χ2n) is 6.24. The third-order valence-electron chi connectivity index (χ3n) is 4.23. The molecule has 1 N–H and O–H groups in total. The molecule has 2 aliphatic carbocycles. The first kappa shape index (κ1) is 14.2. The minimum absolute atomic E-state index is 0.152. The van der Waals surface area contributed by atoms with Crippen molar-refractivity contribution >= 4 is 5.91 Å². The lowest BCUT2D eigenvalue weighted by molar-refractivity contribution is 0.0942. The first-order valence-corrected chi connectivity index (χ1v) is 8.03. The Kier molecular flexibility index (Phi) is 3.48. The average molecular weight is 314 g/mol. The van der Waals surface area contributed by atoms with Gasteiger partial charge in [-0.3, -0.25) is 9.59 Å². The number of hydrogen-bond donors (Lipinski definition) is 1. The topological polar surface area (TPSA) is 90.0 Å². The van der Waals surface area contributed by atoms with Crippen molar-refractivity contribution in [3.8, 4) is 0 Å². The van der Waals surface area contributed by atoms with Crippen molar-refractivity contribution < 1.29 is 9.32 Å². The van der Waals surface area contributed by atoms with Crippen molar-refractivity contribution in [2.45, 2.75) is 44.1 Å². The van der Waals surface area contributed by atoms with Gasteiger partial charge >= 0.3 is 0 Å². The van der Waals surface area contributed by atoms with Crippen LogP contribution in [0.5, 0.6) is 0 Å². The van der Waals surface area contributed by atoms with Crippen LogP contribution in [0.25, 0.3) is 0 Å². The summed E-state index contributed by atoms with van der Waals surface area (Å²) < 4.78 is 6.57. The summed E-state index contributed by atoms with van der Waals surface area (Å²) in [4.78, 5) is 23.8. The number of rotatable bonds is 6. The molecule has 2 saturated carbocycles. The molecule has 0 aromatic carbocycles. The third kappa shape index (κ3) is 3.18. The largest absolute Gasteiger partial charge is 0.360 e. The van der Waals surface area contributed by atoms with Crippen LogP contribution in [0.2, 0.25) is 0 Å². The van der Waals surface area contributed by atoms with E-state index in [1.807, 2.05) is 0 Å². The Hall–Kier alpha value is -2.44. The molecule has 2 fully saturated rings. The molecular weight excluding hydrogens is 296 g/mol. The molecule has 2 aromatic heterocycles. The lowest BCUT2D eigenvalue weighted by Crippen LogP contribution is -2.32. The van der Waals surface area contributed by atoms with Gasteiger partial charge in [-0.15, -0.1) is 0 Å². The number of amides is 1. The van der Waals surface area contributed by atoms with Crippen LogP contribution < -0.4 is 10.9 Å². The Labute approximate surface area is 132 Å². The van der Waals surface area contributed by atoms with E-state index in [9.17, 15) is 9.59 Å². The fourth-order valence-corrected chi connectivity index (χ4v) is 2.54. The van der Waals surface area contributed by atoms with Gasteiger partial charge in [-0.25, -0.2) is 4.68 Å². The highest BCUT2D eigenvalue weighted by molar-refractivity contribution is 5.92. The molecule has 1 amide bonds. The van der Waals surface area contributed by atoms with Crippen LogP contribution in [-0.2, 0) is 6.54 Å². The van der Waals surface area contributed by atoms with Gasteiger partial charge in [0, 0.05) is 30.5 Å². The predicted molar refractivity (Wildman–Crippen MR) is 81.3 cm³/mol. The summed E-state index contributed by atoms with van der Waals surface area (Å²) in [7, 11) is 0. The zero-order valence-corrected chi connectivity index (χ0v) is 12.7. The minimum Gasteiger partial charge on any atom is -0.360 e. The van der Waals surface area contributed by atoms with Gasteiger partial charge in [-0.2, -0.15) is 5.10 Å². The molecule has 23 heavy (non-hydrogen) atoms. The van der Waals surface area contributed by atoms with Crippen LogP contribution in [0.4, 0.5) is 0 Å². The average Bonchev–Trinajstić information content (AvgIpc) is 3.48. The standard InChI is InChI=1S/C16H18N4O3/c21-15-6-5-12(10-1-2-10)18-20(15)8-7-17-16(22)13-9-14(23-19-13)11-3-4-11/h5-6,9-11H,1-4,7-8H2,(H,17,22). The molecule has 0 unspecified atom stereocenters. The van der Waals surface area contributed by atoms with Crippen molar-refractivity contribution in [1.29, 1.82) is 0 Å². The van der Waals surface area contributed by atoms with Gasteiger partial charge in [0.1, 0.15) is 5.76 Å². The molecule has 7 nitrogen and oxygen atoms in total. The van der Waals surface area contributed by atoms with Gasteiger partial charge in [0.15, 0.2) is 5.69 Å². The van der Waals surface area contributed by atoms with Crippen LogP contribution >= 0.6 is 0 Å². The molecule has 4 rings (SSSR count). The Morgan fingerprint density at radius 2 is 2.04 bits per heavy atom. The lowest BCUT2D eigenvalue weighted by Gasteiger charge is -2.07. The van der Waals surface area contributed by atoms with Gasteiger partial charge < -0.3 is 9.84 Å². The highest BCUT2D eigenvalue weighted by atomic mass is 16.5. The summed E-state index contributed by atoms with van der Waals surface area (Å²) >= 11 is 0. The van der Waals surface area contributed by atoms with Crippen molar-refractivity contribution in [3.63, 3.8) is 0 Å². The molecule has 0 saturated heterocycles. The summed E-state index contributed by atoms with van der Waals surface area (Å²) in [6, 6.07) is 5.04. The number of carbonyl (C=O) groups is 1. The molecule has 0 spiro atoms. The molecule has 0 aliphatic heterocycles. The van der Waals surface area contributed by atoms with E-state index in [1.54, 1.807) is 18.2 Å². The maximum Gasteiger partial charge on any atom is 0.273 e. The third-order valence-corrected chi connectivity index (χ3v) is 4.23. The van der Waals surface area contributed by atoms with E-state index < -0.39 is 0 Å². The Balaban J connectivity index is 1.34. The smallest absolute Gasteiger partial charge is 0.273 e. The Morgan fingerprint density at radius 3 is 2.78 bits per heavy atom. The van der Waals surface area contributed by atoms with E-state index in [1.165, 1.54) is 4.68 Å². The molecule has 120 valence electrons. The fourth-order valence-electron chi connectivity index (χ4n) is 2.54. The Morgan fingerprint density at radius 1 is 1.26 bits per heavy atom. The van der Waals surface area contributed by atoms with E-state index in [0.717, 1.165) is 37.1 Å². The number of nitrogens with zero attached hydrogens (tertiary/aromatic N) is 3. The molecule has 2 aliphatic rings. The minimum atomic E-state index is -0.285. The summed E-state index contributed by atoms with van der Waals surface area (Å²) in [6.07, 6.45) is 4.47. The van der Waals surface area contributed by atoms with E-state index in [0.29, 0.717) is 30.6 Å². The van der Waals surface area contributed by atoms with E-state index in [4.69, 9.17) is 4.52 Å². The van der Waals surface area contributed by atoms with Gasteiger partial charge in [-0.05, 0) is 31.7 Å². The van der Waals surface area contributed by atoms with Crippen molar-refractivity contribution in [2.75, 3.05) is 6.54 Å². The number of carbonyl (C=O) groups excluding carboxylic acids is 1. The lowest BCUT2D eigenvalue weighted by atomic mass is 10.3. The van der Waals surface area contributed by atoms with Crippen LogP contribution in [0.1, 0.15) is 59.5 Å². The molecule has 0 bridgehead atoms. The molecule has 0 radical (unpaired) electrons. The fraction of sp³-hybridized carbons (Fsp3) is 0.500. The molecule has 0 atom stereocenters. The van der Waals surface area contributed by atoms with Gasteiger partial charge in [-0.1, -0.05) is 5.16 Å². The first-order chi connectivity index (χ1) is 11.2. The molecular formula is C16H18N4O3. The van der Waals surface area contributed by atoms with Crippen molar-refractivity contribution in [1.82, 2.24) is 20.3 Å². The highest BCUT2D eigenvalue weighted by Gasteiger charge is 2.29. The first-order valence-electron chi connectivity index (χ1n) is 8.03. The SMILES string of the molecule is O=C(NCCn1nc(C2CC2)ccc1=O)c1cc(C2CC2)on1. The van der Waals surface area contributed by atoms with Gasteiger partial charge in [0.05, 0.1) is 12.2 Å². The predicted octanol–water partition coefficient (Wildman–Crippen LogP) is 1.42. The maximum absolute atomic E-state index is 12.0. The van der Waals surface area contributed by atoms with Crippen LogP contribution in [-0.4, -0.2) is 27.4 Å². The monoisotopic (exact) mass is 314 g/mol. The van der Waals surface area contributed by atoms with Crippen molar-refractivity contribution in [3.05, 3.63) is 45.7 Å². The summed E-state index contributed by atoms with van der Waals surface area (Å²) in [5, 5.41) is 10.9. The zero-order chi connectivity index (χ0) is 15.8. The van der Waals surface area contributed by atoms with Crippen LogP contribution in [0, 0.1) is 0 Å². The molecule has 2 aromatic rings. The van der Waals surface area contributed by atoms with E-state index in [-0.39, 0.29) is 11.5 Å². The maximum atomic E-state index is 12.0. The second kappa shape index (κ2) is 5.64. The van der Waals surface area contributed by atoms with E-state index in [2.05, 4.69) is 15.6 Å². The molecule has 2 heterocycles. The zero-order valence-electron chi connectivity index (χ0n) is 12.7. The highest BCUT2D eigenvalue weighted by Crippen LogP contribution is 2.40. The number of nitrogens with one attached hydrogen (secondary N) is 1. The quantitative estimate of drug-likeness (QED) is 0.871. The summed E-state index contributed by atoms with van der Waals surface area (Å²) in [5.41, 5.74) is 1.10. The normalized spacial score (nSPS) is 17.2. The van der Waals surface area contributed by atoms with Crippen LogP contribution in [0.3, 0.4) is 0 Å². The van der Waals surface area contributed by atoms with Gasteiger partial charge in [0.2, 0.25) is 0 Å². The van der Waals surface area contributed by atoms with E-state index >= 15 is 0 Å². The van der Waals surface area contributed by atoms with Crippen molar-refractivity contribution in [2.24, 2.45) is 0 Å². The number of hydrogen-bond acceptors (Lipinski definition) is 5. The summed E-state index contributed by atoms with van der Waals surface area (Å²) in [5.74, 6) is 1.42. The Bertz CT molecular complexity index is 787. The second-order valence-corrected chi connectivity index (χ2v) is 6.24. The number of aromatic nitrogens is 3. The molecule has 7 heteroatoms. The van der Waals surface area contributed by atoms with Gasteiger partial charge in [0.25, 0.3) is 11.5 Å². The van der Waals surface area contributed by atoms with Crippen LogP contribution in [0.15, 0.2) is 27.5 Å².